The van der Waals surface area contributed by atoms with Gasteiger partial charge in [-0.3, -0.25) is 0 Å². The minimum atomic E-state index is -0.547. The summed E-state index contributed by atoms with van der Waals surface area (Å²) in [6, 6.07) is 5.63. The molecule has 5 nitrogen and oxygen atoms in total. The first-order valence-electron chi connectivity index (χ1n) is 7.76. The maximum absolute atomic E-state index is 12.9. The van der Waals surface area contributed by atoms with Gasteiger partial charge in [-0.1, -0.05) is 0 Å². The monoisotopic (exact) mass is 735 g/mol. The van der Waals surface area contributed by atoms with E-state index in [-0.39, 0.29) is 24.8 Å². The maximum atomic E-state index is 12.9. The van der Waals surface area contributed by atoms with Crippen molar-refractivity contribution in [2.24, 2.45) is 0 Å². The first-order valence-corrected chi connectivity index (χ1v) is 12.3. The van der Waals surface area contributed by atoms with Crippen LogP contribution in [-0.4, -0.2) is 101 Å². The van der Waals surface area contributed by atoms with E-state index in [2.05, 4.69) is 0 Å². The molecular formula is C17H18FNO4Pb2. The number of carbonyl (C=O) groups is 2. The zero-order chi connectivity index (χ0) is 18.4. The molecule has 0 aliphatic carbocycles. The third-order valence-corrected chi connectivity index (χ3v) is 5.79. The van der Waals surface area contributed by atoms with Crippen LogP contribution in [0.25, 0.3) is 6.08 Å². The zero-order valence-electron chi connectivity index (χ0n) is 13.8. The van der Waals surface area contributed by atoms with Crippen molar-refractivity contribution < 1.29 is 23.5 Å². The number of benzene rings is 1. The Morgan fingerprint density at radius 2 is 2.04 bits per heavy atom. The van der Waals surface area contributed by atoms with E-state index >= 15 is 0 Å². The van der Waals surface area contributed by atoms with Gasteiger partial charge in [0.15, 0.2) is 0 Å². The molecule has 2 atom stereocenters. The molecule has 2 unspecified atom stereocenters. The number of rotatable bonds is 6. The van der Waals surface area contributed by atoms with Crippen molar-refractivity contribution in [1.29, 1.82) is 0 Å². The van der Waals surface area contributed by atoms with Crippen molar-refractivity contribution in [3.05, 3.63) is 41.7 Å². The topological polar surface area (TPSA) is 55.8 Å². The molecule has 25 heavy (non-hydrogen) atoms. The molecule has 0 aromatic heterocycles. The Morgan fingerprint density at radius 3 is 2.64 bits per heavy atom. The normalized spacial score (nSPS) is 20.4. The number of hydrogen-bond donors (Lipinski definition) is 0. The van der Waals surface area contributed by atoms with Crippen LogP contribution in [0.1, 0.15) is 12.0 Å². The van der Waals surface area contributed by atoms with Crippen molar-refractivity contribution in [1.82, 2.24) is 4.90 Å². The van der Waals surface area contributed by atoms with Gasteiger partial charge in [0, 0.05) is 0 Å². The fraction of sp³-hybridized carbons (Fsp3) is 0.412. The molecule has 130 valence electrons. The average molecular weight is 734 g/mol. The molecular weight excluding hydrogens is 716 g/mol. The van der Waals surface area contributed by atoms with Gasteiger partial charge in [0.2, 0.25) is 0 Å². The summed E-state index contributed by atoms with van der Waals surface area (Å²) in [6.07, 6.45) is 3.96. The first kappa shape index (κ1) is 20.9. The quantitative estimate of drug-likeness (QED) is 0.325. The summed E-state index contributed by atoms with van der Waals surface area (Å²) in [4.78, 5) is 25.9. The van der Waals surface area contributed by atoms with E-state index in [1.807, 2.05) is 12.2 Å². The fourth-order valence-corrected chi connectivity index (χ4v) is 3.93. The van der Waals surface area contributed by atoms with Crippen molar-refractivity contribution >= 4 is 69.5 Å². The number of nitrogens with zero attached hydrogens (tertiary/aromatic N) is 1. The number of carbonyl (C=O) groups excluding carboxylic acids is 2. The average Bonchev–Trinajstić information content (AvgIpc) is 3.03. The van der Waals surface area contributed by atoms with Gasteiger partial charge in [-0.2, -0.15) is 0 Å². The summed E-state index contributed by atoms with van der Waals surface area (Å²) in [5.74, 6) is -0.610. The zero-order valence-corrected chi connectivity index (χ0v) is 21.6. The van der Waals surface area contributed by atoms with Crippen LogP contribution in [0.15, 0.2) is 30.3 Å². The Bertz CT molecular complexity index is 636. The summed E-state index contributed by atoms with van der Waals surface area (Å²) >= 11 is 1.60. The number of hydrogen-bond acceptors (Lipinski definition) is 4. The molecule has 1 aliphatic heterocycles. The Morgan fingerprint density at radius 1 is 1.36 bits per heavy atom. The Kier molecular flexibility index (Phi) is 8.45. The molecule has 0 N–H and O–H groups in total. The van der Waals surface area contributed by atoms with E-state index in [4.69, 9.17) is 9.47 Å². The third-order valence-electron chi connectivity index (χ3n) is 3.87. The van der Waals surface area contributed by atoms with Crippen molar-refractivity contribution in [3.8, 4) is 0 Å². The van der Waals surface area contributed by atoms with Crippen molar-refractivity contribution in [2.45, 2.75) is 19.6 Å². The van der Waals surface area contributed by atoms with Crippen LogP contribution < -0.4 is 0 Å². The summed E-state index contributed by atoms with van der Waals surface area (Å²) < 4.78 is 23.6. The number of amides is 1. The third kappa shape index (κ3) is 6.09. The van der Waals surface area contributed by atoms with E-state index in [1.165, 1.54) is 19.2 Å². The van der Waals surface area contributed by atoms with Crippen LogP contribution in [0.5, 0.6) is 0 Å². The van der Waals surface area contributed by atoms with Crippen molar-refractivity contribution in [3.63, 3.8) is 0 Å². The molecule has 8 heteroatoms. The van der Waals surface area contributed by atoms with E-state index in [0.29, 0.717) is 19.6 Å². The van der Waals surface area contributed by atoms with E-state index in [1.54, 1.807) is 17.0 Å². The molecule has 6 radical (unpaired) electrons. The SMILES string of the molecule is COC(=O)C1CC(OC/C=C/c2ccc(F)cc2)CN1C(=O)[CH]([Pb])[Pb]. The second-order valence-corrected chi connectivity index (χ2v) is 18.8. The molecule has 1 amide bonds. The molecule has 1 aromatic rings. The Labute approximate surface area is 178 Å². The van der Waals surface area contributed by atoms with Gasteiger partial charge < -0.3 is 0 Å². The van der Waals surface area contributed by atoms with E-state index < -0.39 is 6.04 Å². The van der Waals surface area contributed by atoms with E-state index in [9.17, 15) is 14.0 Å². The van der Waals surface area contributed by atoms with Gasteiger partial charge in [0.25, 0.3) is 0 Å². The van der Waals surface area contributed by atoms with Crippen LogP contribution in [0.4, 0.5) is 4.39 Å². The molecule has 0 spiro atoms. The number of halogens is 1. The summed E-state index contributed by atoms with van der Waals surface area (Å²) in [5.41, 5.74) is 0.885. The van der Waals surface area contributed by atoms with Crippen molar-refractivity contribution in [2.75, 3.05) is 20.3 Å². The summed E-state index contributed by atoms with van der Waals surface area (Å²) in [7, 11) is 1.34. The summed E-state index contributed by atoms with van der Waals surface area (Å²) in [5, 5.41) is 0. The minimum absolute atomic E-state index is 0.0432. The first-order chi connectivity index (χ1) is 11.9. The van der Waals surface area contributed by atoms with Gasteiger partial charge in [0.1, 0.15) is 5.82 Å². The van der Waals surface area contributed by atoms with Gasteiger partial charge in [-0.05, 0) is 0 Å². The predicted octanol–water partition coefficient (Wildman–Crippen LogP) is 1.08. The number of esters is 1. The van der Waals surface area contributed by atoms with Crippen LogP contribution in [-0.2, 0) is 19.1 Å². The van der Waals surface area contributed by atoms with E-state index in [0.717, 1.165) is 57.1 Å². The standard InChI is InChI=1S/C17H18FNO4.2Pb/c1-12(20)19-11-15(10-16(19)17(21)22-2)23-9-3-4-13-5-7-14(18)8-6-13;;/h1,3-8,15-16H,9-11H2,2H3;;/b4-3+;;. The molecule has 2 rings (SSSR count). The van der Waals surface area contributed by atoms with Gasteiger partial charge in [-0.15, -0.1) is 0 Å². The molecule has 1 heterocycles. The second kappa shape index (κ2) is 10.1. The number of methoxy groups -OCH3 is 1. The molecule has 1 aliphatic rings. The molecule has 1 fully saturated rings. The van der Waals surface area contributed by atoms with Crippen LogP contribution in [0, 0.1) is 5.82 Å². The fourth-order valence-electron chi connectivity index (χ4n) is 2.64. The molecule has 0 saturated carbocycles. The summed E-state index contributed by atoms with van der Waals surface area (Å²) in [6.45, 7) is 0.785. The number of likely N-dealkylation sites (tertiary alicyclic amines) is 1. The molecule has 1 aromatic carbocycles. The molecule has 1 saturated heterocycles. The van der Waals surface area contributed by atoms with Crippen LogP contribution >= 0.6 is 0 Å². The van der Waals surface area contributed by atoms with Gasteiger partial charge >= 0.3 is 169 Å². The predicted molar refractivity (Wildman–Crippen MR) is 92.6 cm³/mol. The Balaban J connectivity index is 1.90. The van der Waals surface area contributed by atoms with Crippen LogP contribution in [0.2, 0.25) is 1.04 Å². The van der Waals surface area contributed by atoms with Gasteiger partial charge in [-0.25, -0.2) is 4.39 Å². The molecule has 0 bridgehead atoms. The van der Waals surface area contributed by atoms with Crippen LogP contribution in [0.3, 0.4) is 0 Å². The Hall–Kier alpha value is -0.366. The second-order valence-electron chi connectivity index (χ2n) is 5.61. The van der Waals surface area contributed by atoms with Gasteiger partial charge in [0.05, 0.1) is 0 Å². The number of ether oxygens (including phenoxy) is 2.